The van der Waals surface area contributed by atoms with Gasteiger partial charge in [0, 0.05) is 18.8 Å². The zero-order chi connectivity index (χ0) is 15.4. The summed E-state index contributed by atoms with van der Waals surface area (Å²) in [5.41, 5.74) is 5.74. The molecule has 0 aliphatic carbocycles. The molecule has 0 bridgehead atoms. The Kier molecular flexibility index (Phi) is 4.62. The van der Waals surface area contributed by atoms with Crippen molar-refractivity contribution in [2.24, 2.45) is 16.8 Å². The van der Waals surface area contributed by atoms with Gasteiger partial charge in [0.1, 0.15) is 5.82 Å². The average molecular weight is 294 g/mol. The van der Waals surface area contributed by atoms with Gasteiger partial charge in [-0.2, -0.15) is 0 Å². The lowest BCUT2D eigenvalue weighted by atomic mass is 10.00. The molecule has 0 unspecified atom stereocenters. The fourth-order valence-electron chi connectivity index (χ4n) is 2.27. The Morgan fingerprint density at radius 3 is 2.76 bits per heavy atom. The van der Waals surface area contributed by atoms with E-state index in [1.165, 1.54) is 18.2 Å². The SMILES string of the molecule is CC1CCN(C(=O)Nc2ccc(F)c(C(N)=NO)c2)CC1. The third-order valence-electron chi connectivity index (χ3n) is 3.67. The monoisotopic (exact) mass is 294 g/mol. The molecule has 21 heavy (non-hydrogen) atoms. The van der Waals surface area contributed by atoms with E-state index in [4.69, 9.17) is 10.9 Å². The lowest BCUT2D eigenvalue weighted by molar-refractivity contribution is 0.186. The van der Waals surface area contributed by atoms with Crippen LogP contribution in [0.1, 0.15) is 25.3 Å². The number of urea groups is 1. The van der Waals surface area contributed by atoms with E-state index in [-0.39, 0.29) is 17.4 Å². The number of amidine groups is 1. The molecule has 7 heteroatoms. The number of nitrogens with two attached hydrogens (primary N) is 1. The third-order valence-corrected chi connectivity index (χ3v) is 3.67. The highest BCUT2D eigenvalue weighted by molar-refractivity contribution is 5.99. The number of rotatable bonds is 2. The highest BCUT2D eigenvalue weighted by Crippen LogP contribution is 2.19. The largest absolute Gasteiger partial charge is 0.409 e. The summed E-state index contributed by atoms with van der Waals surface area (Å²) in [5.74, 6) is -0.322. The topological polar surface area (TPSA) is 91.0 Å². The summed E-state index contributed by atoms with van der Waals surface area (Å²) in [6.07, 6.45) is 1.96. The highest BCUT2D eigenvalue weighted by Gasteiger charge is 2.20. The van der Waals surface area contributed by atoms with Crippen molar-refractivity contribution in [3.8, 4) is 0 Å². The Hall–Kier alpha value is -2.31. The Morgan fingerprint density at radius 1 is 1.48 bits per heavy atom. The van der Waals surface area contributed by atoms with Crippen molar-refractivity contribution < 1.29 is 14.4 Å². The lowest BCUT2D eigenvalue weighted by Crippen LogP contribution is -2.40. The quantitative estimate of drug-likeness (QED) is 0.338. The number of oxime groups is 1. The van der Waals surface area contributed by atoms with Crippen LogP contribution < -0.4 is 11.1 Å². The van der Waals surface area contributed by atoms with Crippen LogP contribution in [0.2, 0.25) is 0 Å². The second kappa shape index (κ2) is 6.43. The van der Waals surface area contributed by atoms with Gasteiger partial charge in [-0.15, -0.1) is 0 Å². The van der Waals surface area contributed by atoms with Crippen LogP contribution in [-0.2, 0) is 0 Å². The first-order valence-electron chi connectivity index (χ1n) is 6.84. The number of carbonyl (C=O) groups excluding carboxylic acids is 1. The minimum atomic E-state index is -0.616. The normalized spacial score (nSPS) is 16.9. The zero-order valence-electron chi connectivity index (χ0n) is 11.8. The minimum Gasteiger partial charge on any atom is -0.409 e. The molecule has 1 heterocycles. The molecule has 1 fully saturated rings. The molecule has 0 saturated carbocycles. The van der Waals surface area contributed by atoms with Crippen LogP contribution in [0, 0.1) is 11.7 Å². The van der Waals surface area contributed by atoms with Crippen LogP contribution in [0.3, 0.4) is 0 Å². The van der Waals surface area contributed by atoms with Gasteiger partial charge in [-0.05, 0) is 37.0 Å². The smallest absolute Gasteiger partial charge is 0.321 e. The predicted octanol–water partition coefficient (Wildman–Crippen LogP) is 2.18. The molecule has 0 radical (unpaired) electrons. The number of carbonyl (C=O) groups is 1. The summed E-state index contributed by atoms with van der Waals surface area (Å²) >= 11 is 0. The molecule has 6 nitrogen and oxygen atoms in total. The van der Waals surface area contributed by atoms with Gasteiger partial charge in [0.05, 0.1) is 5.56 Å². The van der Waals surface area contributed by atoms with E-state index in [0.29, 0.717) is 24.7 Å². The van der Waals surface area contributed by atoms with Crippen LogP contribution in [0.5, 0.6) is 0 Å². The molecular weight excluding hydrogens is 275 g/mol. The van der Waals surface area contributed by atoms with Gasteiger partial charge in [0.2, 0.25) is 0 Å². The third kappa shape index (κ3) is 3.62. The van der Waals surface area contributed by atoms with Crippen LogP contribution >= 0.6 is 0 Å². The summed E-state index contributed by atoms with van der Waals surface area (Å²) in [6.45, 7) is 3.58. The van der Waals surface area contributed by atoms with Crippen molar-refractivity contribution in [1.82, 2.24) is 4.90 Å². The van der Waals surface area contributed by atoms with Gasteiger partial charge in [-0.3, -0.25) is 0 Å². The van der Waals surface area contributed by atoms with Gasteiger partial charge in [-0.1, -0.05) is 12.1 Å². The second-order valence-corrected chi connectivity index (χ2v) is 5.28. The fraction of sp³-hybridized carbons (Fsp3) is 0.429. The van der Waals surface area contributed by atoms with Crippen molar-refractivity contribution >= 4 is 17.6 Å². The number of halogens is 1. The van der Waals surface area contributed by atoms with Gasteiger partial charge < -0.3 is 21.2 Å². The molecule has 1 aromatic carbocycles. The molecule has 1 aliphatic rings. The molecule has 0 aromatic heterocycles. The van der Waals surface area contributed by atoms with Crippen molar-refractivity contribution in [2.45, 2.75) is 19.8 Å². The molecule has 0 atom stereocenters. The maximum Gasteiger partial charge on any atom is 0.321 e. The number of piperidine rings is 1. The van der Waals surface area contributed by atoms with E-state index in [9.17, 15) is 9.18 Å². The van der Waals surface area contributed by atoms with Crippen molar-refractivity contribution in [3.05, 3.63) is 29.6 Å². The summed E-state index contributed by atoms with van der Waals surface area (Å²) in [4.78, 5) is 13.8. The first-order valence-corrected chi connectivity index (χ1v) is 6.84. The Morgan fingerprint density at radius 2 is 2.14 bits per heavy atom. The van der Waals surface area contributed by atoms with Crippen LogP contribution in [0.15, 0.2) is 23.4 Å². The number of hydrogen-bond acceptors (Lipinski definition) is 3. The fourth-order valence-corrected chi connectivity index (χ4v) is 2.27. The van der Waals surface area contributed by atoms with Gasteiger partial charge >= 0.3 is 6.03 Å². The number of anilines is 1. The second-order valence-electron chi connectivity index (χ2n) is 5.28. The van der Waals surface area contributed by atoms with Gasteiger partial charge in [0.15, 0.2) is 5.84 Å². The molecule has 4 N–H and O–H groups in total. The predicted molar refractivity (Wildman–Crippen MR) is 77.9 cm³/mol. The van der Waals surface area contributed by atoms with Gasteiger partial charge in [0.25, 0.3) is 0 Å². The molecule has 114 valence electrons. The number of benzene rings is 1. The number of hydrogen-bond donors (Lipinski definition) is 3. The van der Waals surface area contributed by atoms with Crippen LogP contribution in [0.25, 0.3) is 0 Å². The van der Waals surface area contributed by atoms with E-state index in [0.717, 1.165) is 12.8 Å². The Bertz CT molecular complexity index is 554. The molecule has 2 rings (SSSR count). The maximum absolute atomic E-state index is 13.5. The molecule has 1 saturated heterocycles. The first-order chi connectivity index (χ1) is 10.0. The molecule has 0 spiro atoms. The summed E-state index contributed by atoms with van der Waals surface area (Å²) < 4.78 is 13.5. The number of nitrogens with zero attached hydrogens (tertiary/aromatic N) is 2. The zero-order valence-corrected chi connectivity index (χ0v) is 11.8. The van der Waals surface area contributed by atoms with Crippen molar-refractivity contribution in [2.75, 3.05) is 18.4 Å². The Labute approximate surface area is 122 Å². The van der Waals surface area contributed by atoms with E-state index in [2.05, 4.69) is 17.4 Å². The van der Waals surface area contributed by atoms with Crippen LogP contribution in [-0.4, -0.2) is 35.1 Å². The van der Waals surface area contributed by atoms with Crippen molar-refractivity contribution in [1.29, 1.82) is 0 Å². The first kappa shape index (κ1) is 15.1. The molecule has 1 aromatic rings. The lowest BCUT2D eigenvalue weighted by Gasteiger charge is -2.30. The molecule has 1 aliphatic heterocycles. The minimum absolute atomic E-state index is 0.0532. The summed E-state index contributed by atoms with van der Waals surface area (Å²) in [5, 5.41) is 14.1. The van der Waals surface area contributed by atoms with E-state index in [1.54, 1.807) is 4.90 Å². The van der Waals surface area contributed by atoms with Crippen LogP contribution in [0.4, 0.5) is 14.9 Å². The number of nitrogens with one attached hydrogen (secondary N) is 1. The molecular formula is C14H19FN4O2. The standard InChI is InChI=1S/C14H19FN4O2/c1-9-4-6-19(7-5-9)14(20)17-10-2-3-12(15)11(8-10)13(16)18-21/h2-3,8-9,21H,4-7H2,1H3,(H2,16,18)(H,17,20). The molecule has 2 amide bonds. The van der Waals surface area contributed by atoms with E-state index in [1.807, 2.05) is 0 Å². The maximum atomic E-state index is 13.5. The van der Waals surface area contributed by atoms with Gasteiger partial charge in [-0.25, -0.2) is 9.18 Å². The summed E-state index contributed by atoms with van der Waals surface area (Å²) in [7, 11) is 0. The average Bonchev–Trinajstić information content (AvgIpc) is 2.49. The Balaban J connectivity index is 2.07. The number of amides is 2. The van der Waals surface area contributed by atoms with Crippen molar-refractivity contribution in [3.63, 3.8) is 0 Å². The van der Waals surface area contributed by atoms with E-state index < -0.39 is 5.82 Å². The summed E-state index contributed by atoms with van der Waals surface area (Å²) in [6, 6.07) is 3.73. The van der Waals surface area contributed by atoms with E-state index >= 15 is 0 Å². The number of likely N-dealkylation sites (tertiary alicyclic amines) is 1. The highest BCUT2D eigenvalue weighted by atomic mass is 19.1.